The quantitative estimate of drug-likeness (QED) is 0.622. The second-order valence-corrected chi connectivity index (χ2v) is 4.98. The van der Waals surface area contributed by atoms with Crippen LogP contribution in [0.5, 0.6) is 0 Å². The zero-order valence-electron chi connectivity index (χ0n) is 12.6. The summed E-state index contributed by atoms with van der Waals surface area (Å²) in [5, 5.41) is 14.9. The number of hydrogen-bond donors (Lipinski definition) is 4. The topological polar surface area (TPSA) is 104 Å². The molecule has 0 bridgehead atoms. The Morgan fingerprint density at radius 1 is 1.04 bits per heavy atom. The third-order valence-corrected chi connectivity index (χ3v) is 3.25. The van der Waals surface area contributed by atoms with E-state index in [0.29, 0.717) is 25.2 Å². The van der Waals surface area contributed by atoms with Crippen molar-refractivity contribution >= 4 is 17.6 Å². The van der Waals surface area contributed by atoms with Gasteiger partial charge in [0.2, 0.25) is 0 Å². The number of aromatic carboxylic acids is 1. The number of carboxylic acid groups (broad SMARTS) is 1. The summed E-state index contributed by atoms with van der Waals surface area (Å²) in [6, 6.07) is 13.8. The van der Waals surface area contributed by atoms with Gasteiger partial charge in [0.25, 0.3) is 5.91 Å². The van der Waals surface area contributed by atoms with Gasteiger partial charge in [0.1, 0.15) is 0 Å². The molecule has 23 heavy (non-hydrogen) atoms. The molecular weight excluding hydrogens is 294 g/mol. The van der Waals surface area contributed by atoms with Crippen LogP contribution in [0.25, 0.3) is 0 Å². The third kappa shape index (κ3) is 4.82. The maximum Gasteiger partial charge on any atom is 0.335 e. The summed E-state index contributed by atoms with van der Waals surface area (Å²) in [6.07, 6.45) is 0. The number of benzene rings is 2. The molecule has 0 spiro atoms. The van der Waals surface area contributed by atoms with Crippen molar-refractivity contribution in [2.24, 2.45) is 5.73 Å². The normalized spacial score (nSPS) is 10.1. The van der Waals surface area contributed by atoms with Crippen LogP contribution in [0.3, 0.4) is 0 Å². The number of carboxylic acids is 1. The van der Waals surface area contributed by atoms with E-state index in [1.807, 2.05) is 6.07 Å². The van der Waals surface area contributed by atoms with Gasteiger partial charge in [-0.25, -0.2) is 4.79 Å². The number of nitrogens with two attached hydrogens (primary N) is 1. The van der Waals surface area contributed by atoms with E-state index in [1.54, 1.807) is 42.5 Å². The van der Waals surface area contributed by atoms with Gasteiger partial charge in [-0.05, 0) is 42.0 Å². The molecule has 0 aliphatic heterocycles. The highest BCUT2D eigenvalue weighted by Gasteiger charge is 2.05. The lowest BCUT2D eigenvalue weighted by Gasteiger charge is -2.08. The Kier molecular flexibility index (Phi) is 5.71. The van der Waals surface area contributed by atoms with Gasteiger partial charge in [-0.3, -0.25) is 4.79 Å². The maximum atomic E-state index is 11.8. The van der Waals surface area contributed by atoms with Crippen LogP contribution >= 0.6 is 0 Å². The van der Waals surface area contributed by atoms with Gasteiger partial charge in [0, 0.05) is 30.9 Å². The highest BCUT2D eigenvalue weighted by Crippen LogP contribution is 2.12. The number of rotatable bonds is 7. The van der Waals surface area contributed by atoms with Gasteiger partial charge >= 0.3 is 5.97 Å². The van der Waals surface area contributed by atoms with E-state index in [1.165, 1.54) is 0 Å². The first-order valence-corrected chi connectivity index (χ1v) is 7.24. The summed E-state index contributed by atoms with van der Waals surface area (Å²) in [5.74, 6) is -1.10. The van der Waals surface area contributed by atoms with Crippen LogP contribution in [0.4, 0.5) is 5.69 Å². The van der Waals surface area contributed by atoms with E-state index >= 15 is 0 Å². The minimum atomic E-state index is -0.945. The van der Waals surface area contributed by atoms with Gasteiger partial charge in [-0.15, -0.1) is 0 Å². The van der Waals surface area contributed by atoms with Crippen LogP contribution in [0.15, 0.2) is 48.5 Å². The van der Waals surface area contributed by atoms with Crippen LogP contribution in [0, 0.1) is 0 Å². The second kappa shape index (κ2) is 7.95. The summed E-state index contributed by atoms with van der Waals surface area (Å²) in [7, 11) is 0. The zero-order valence-corrected chi connectivity index (χ0v) is 12.6. The van der Waals surface area contributed by atoms with Gasteiger partial charge in [-0.1, -0.05) is 12.1 Å². The fourth-order valence-electron chi connectivity index (χ4n) is 2.05. The van der Waals surface area contributed by atoms with Crippen molar-refractivity contribution in [2.75, 3.05) is 18.4 Å². The fraction of sp³-hybridized carbons (Fsp3) is 0.176. The Hall–Kier alpha value is -2.86. The summed E-state index contributed by atoms with van der Waals surface area (Å²) in [4.78, 5) is 22.7. The summed E-state index contributed by atoms with van der Waals surface area (Å²) in [6.45, 7) is 1.35. The average molecular weight is 313 g/mol. The molecule has 0 aromatic heterocycles. The SMILES string of the molecule is NCCNC(=O)c1ccc(NCc2cccc(C(=O)O)c2)cc1. The smallest absolute Gasteiger partial charge is 0.335 e. The Balaban J connectivity index is 1.95. The molecule has 5 N–H and O–H groups in total. The number of carbonyl (C=O) groups excluding carboxylic acids is 1. The molecule has 2 aromatic rings. The van der Waals surface area contributed by atoms with Gasteiger partial charge in [-0.2, -0.15) is 0 Å². The molecule has 0 aliphatic rings. The summed E-state index contributed by atoms with van der Waals surface area (Å²) < 4.78 is 0. The molecular formula is C17H19N3O3. The molecule has 0 fully saturated rings. The molecule has 0 heterocycles. The number of carbonyl (C=O) groups is 2. The first-order chi connectivity index (χ1) is 11.1. The van der Waals surface area contributed by atoms with Gasteiger partial charge < -0.3 is 21.5 Å². The molecule has 0 saturated heterocycles. The molecule has 0 saturated carbocycles. The molecule has 120 valence electrons. The predicted octanol–water partition coefficient (Wildman–Crippen LogP) is 1.69. The fourth-order valence-corrected chi connectivity index (χ4v) is 2.05. The molecule has 1 amide bonds. The highest BCUT2D eigenvalue weighted by molar-refractivity contribution is 5.94. The van der Waals surface area contributed by atoms with Crippen molar-refractivity contribution < 1.29 is 14.7 Å². The molecule has 0 radical (unpaired) electrons. The number of hydrogen-bond acceptors (Lipinski definition) is 4. The minimum absolute atomic E-state index is 0.156. The lowest BCUT2D eigenvalue weighted by atomic mass is 10.1. The number of amides is 1. The Bertz CT molecular complexity index is 684. The maximum absolute atomic E-state index is 11.8. The Morgan fingerprint density at radius 3 is 2.43 bits per heavy atom. The molecule has 2 aromatic carbocycles. The van der Waals surface area contributed by atoms with E-state index in [2.05, 4.69) is 10.6 Å². The van der Waals surface area contributed by atoms with Crippen LogP contribution in [0.2, 0.25) is 0 Å². The molecule has 0 unspecified atom stereocenters. The van der Waals surface area contributed by atoms with Gasteiger partial charge in [0.05, 0.1) is 5.56 Å². The summed E-state index contributed by atoms with van der Waals surface area (Å²) >= 11 is 0. The highest BCUT2D eigenvalue weighted by atomic mass is 16.4. The third-order valence-electron chi connectivity index (χ3n) is 3.25. The Morgan fingerprint density at radius 2 is 1.78 bits per heavy atom. The second-order valence-electron chi connectivity index (χ2n) is 4.98. The van der Waals surface area contributed by atoms with Crippen LogP contribution < -0.4 is 16.4 Å². The average Bonchev–Trinajstić information content (AvgIpc) is 2.58. The molecule has 2 rings (SSSR count). The molecule has 0 aliphatic carbocycles. The van der Waals surface area contributed by atoms with Crippen molar-refractivity contribution in [2.45, 2.75) is 6.54 Å². The lowest BCUT2D eigenvalue weighted by Crippen LogP contribution is -2.28. The Labute approximate surface area is 134 Å². The number of anilines is 1. The van der Waals surface area contributed by atoms with Crippen molar-refractivity contribution in [3.8, 4) is 0 Å². The van der Waals surface area contributed by atoms with E-state index in [-0.39, 0.29) is 11.5 Å². The van der Waals surface area contributed by atoms with Crippen LogP contribution in [-0.4, -0.2) is 30.1 Å². The summed E-state index contributed by atoms with van der Waals surface area (Å²) in [5.41, 5.74) is 7.89. The van der Waals surface area contributed by atoms with Crippen molar-refractivity contribution in [1.29, 1.82) is 0 Å². The zero-order chi connectivity index (χ0) is 16.7. The molecule has 6 nitrogen and oxygen atoms in total. The minimum Gasteiger partial charge on any atom is -0.478 e. The standard InChI is InChI=1S/C17H19N3O3/c18-8-9-19-16(21)13-4-6-15(7-5-13)20-11-12-2-1-3-14(10-12)17(22)23/h1-7,10,20H,8-9,11,18H2,(H,19,21)(H,22,23). The first kappa shape index (κ1) is 16.5. The predicted molar refractivity (Wildman–Crippen MR) is 88.6 cm³/mol. The van der Waals surface area contributed by atoms with Gasteiger partial charge in [0.15, 0.2) is 0 Å². The van der Waals surface area contributed by atoms with Crippen molar-refractivity contribution in [3.63, 3.8) is 0 Å². The lowest BCUT2D eigenvalue weighted by molar-refractivity contribution is 0.0696. The molecule has 6 heteroatoms. The van der Waals surface area contributed by atoms with Crippen molar-refractivity contribution in [1.82, 2.24) is 5.32 Å². The largest absolute Gasteiger partial charge is 0.478 e. The van der Waals surface area contributed by atoms with E-state index in [4.69, 9.17) is 10.8 Å². The van der Waals surface area contributed by atoms with Crippen LogP contribution in [-0.2, 0) is 6.54 Å². The monoisotopic (exact) mass is 313 g/mol. The van der Waals surface area contributed by atoms with E-state index < -0.39 is 5.97 Å². The van der Waals surface area contributed by atoms with Crippen molar-refractivity contribution in [3.05, 3.63) is 65.2 Å². The van der Waals surface area contributed by atoms with E-state index in [0.717, 1.165) is 11.3 Å². The number of nitrogens with one attached hydrogen (secondary N) is 2. The first-order valence-electron chi connectivity index (χ1n) is 7.24. The molecule has 0 atom stereocenters. The van der Waals surface area contributed by atoms with Crippen LogP contribution in [0.1, 0.15) is 26.3 Å². The van der Waals surface area contributed by atoms with E-state index in [9.17, 15) is 9.59 Å².